The lowest BCUT2D eigenvalue weighted by Crippen LogP contribution is -2.54. The Morgan fingerprint density at radius 1 is 1.07 bits per heavy atom. The van der Waals surface area contributed by atoms with Gasteiger partial charge in [0.25, 0.3) is 0 Å². The van der Waals surface area contributed by atoms with E-state index in [0.29, 0.717) is 12.2 Å². The van der Waals surface area contributed by atoms with E-state index in [1.807, 2.05) is 27.7 Å². The van der Waals surface area contributed by atoms with Crippen molar-refractivity contribution in [3.05, 3.63) is 11.6 Å². The van der Waals surface area contributed by atoms with Crippen molar-refractivity contribution in [1.82, 2.24) is 10.2 Å². The zero-order chi connectivity index (χ0) is 22.2. The smallest absolute Gasteiger partial charge is 0.408 e. The fourth-order valence-electron chi connectivity index (χ4n) is 2.63. The van der Waals surface area contributed by atoms with E-state index in [9.17, 15) is 14.4 Å². The van der Waals surface area contributed by atoms with Gasteiger partial charge in [-0.15, -0.1) is 0 Å². The summed E-state index contributed by atoms with van der Waals surface area (Å²) in [6.45, 7) is 16.7. The van der Waals surface area contributed by atoms with Crippen molar-refractivity contribution in [2.75, 3.05) is 13.7 Å². The van der Waals surface area contributed by atoms with Crippen LogP contribution in [0.2, 0.25) is 0 Å². The number of carbonyl (C=O) groups excluding carboxylic acids is 3. The predicted molar refractivity (Wildman–Crippen MR) is 110 cm³/mol. The summed E-state index contributed by atoms with van der Waals surface area (Å²) in [6.07, 6.45) is 1.11. The van der Waals surface area contributed by atoms with Gasteiger partial charge in [-0.3, -0.25) is 4.79 Å². The van der Waals surface area contributed by atoms with Crippen LogP contribution in [0.5, 0.6) is 0 Å². The van der Waals surface area contributed by atoms with Crippen molar-refractivity contribution in [1.29, 1.82) is 0 Å². The van der Waals surface area contributed by atoms with Crippen LogP contribution in [0.25, 0.3) is 0 Å². The van der Waals surface area contributed by atoms with E-state index in [-0.39, 0.29) is 23.8 Å². The van der Waals surface area contributed by atoms with Gasteiger partial charge in [-0.2, -0.15) is 0 Å². The summed E-state index contributed by atoms with van der Waals surface area (Å²) in [7, 11) is 1.67. The summed E-state index contributed by atoms with van der Waals surface area (Å²) >= 11 is 0. The molecule has 162 valence electrons. The van der Waals surface area contributed by atoms with Crippen molar-refractivity contribution >= 4 is 18.0 Å². The van der Waals surface area contributed by atoms with Crippen molar-refractivity contribution in [2.24, 2.45) is 11.8 Å². The first-order valence-electron chi connectivity index (χ1n) is 9.82. The Bertz CT molecular complexity index is 576. The van der Waals surface area contributed by atoms with Crippen LogP contribution in [-0.2, 0) is 19.1 Å². The summed E-state index contributed by atoms with van der Waals surface area (Å²) in [6, 6.07) is -1.06. The first-order valence-corrected chi connectivity index (χ1v) is 9.82. The maximum Gasteiger partial charge on any atom is 0.408 e. The second-order valence-corrected chi connectivity index (χ2v) is 8.62. The highest BCUT2D eigenvalue weighted by molar-refractivity contribution is 5.89. The lowest BCUT2D eigenvalue weighted by atomic mass is 9.97. The number of hydrogen-bond acceptors (Lipinski definition) is 5. The molecule has 0 fully saturated rings. The van der Waals surface area contributed by atoms with E-state index >= 15 is 0 Å². The second-order valence-electron chi connectivity index (χ2n) is 8.62. The fourth-order valence-corrected chi connectivity index (χ4v) is 2.63. The molecule has 7 nitrogen and oxygen atoms in total. The van der Waals surface area contributed by atoms with E-state index in [1.165, 1.54) is 0 Å². The van der Waals surface area contributed by atoms with Crippen LogP contribution in [0.1, 0.15) is 62.3 Å². The number of nitrogens with zero attached hydrogens (tertiary/aromatic N) is 1. The minimum absolute atomic E-state index is 0.0627. The second kappa shape index (κ2) is 11.1. The summed E-state index contributed by atoms with van der Waals surface area (Å²) in [5.41, 5.74) is -0.207. The average Bonchev–Trinajstić information content (AvgIpc) is 2.54. The number of likely N-dealkylation sites (N-methyl/N-ethyl adjacent to an activating group) is 1. The normalized spacial score (nSPS) is 14.5. The predicted octanol–water partition coefficient (Wildman–Crippen LogP) is 3.53. The number of amides is 2. The highest BCUT2D eigenvalue weighted by Crippen LogP contribution is 2.17. The van der Waals surface area contributed by atoms with E-state index in [2.05, 4.69) is 5.32 Å². The molecule has 0 rings (SSSR count). The van der Waals surface area contributed by atoms with Gasteiger partial charge in [0.15, 0.2) is 0 Å². The molecule has 7 heteroatoms. The van der Waals surface area contributed by atoms with E-state index in [4.69, 9.17) is 9.47 Å². The standard InChI is InChI=1S/C21H38N2O5/c1-11-27-19(25)15(6)12-16(13(2)3)23(10)18(24)17(14(4)5)22-20(26)28-21(7,8)9/h12-14,16-17H,11H2,1-10H3,(H,22,26)/b15-12+. The first kappa shape index (κ1) is 26.0. The summed E-state index contributed by atoms with van der Waals surface area (Å²) < 4.78 is 10.3. The maximum absolute atomic E-state index is 13.1. The third-order valence-electron chi connectivity index (χ3n) is 4.10. The molecule has 2 atom stereocenters. The number of ether oxygens (including phenoxy) is 2. The molecule has 0 aliphatic carbocycles. The van der Waals surface area contributed by atoms with Gasteiger partial charge in [0.1, 0.15) is 11.6 Å². The molecule has 0 aromatic rings. The molecule has 28 heavy (non-hydrogen) atoms. The molecule has 0 radical (unpaired) electrons. The van der Waals surface area contributed by atoms with Gasteiger partial charge < -0.3 is 19.7 Å². The number of rotatable bonds is 8. The van der Waals surface area contributed by atoms with Crippen LogP contribution in [-0.4, -0.2) is 54.2 Å². The van der Waals surface area contributed by atoms with Gasteiger partial charge in [0.2, 0.25) is 5.91 Å². The molecule has 1 N–H and O–H groups in total. The molecule has 0 aromatic carbocycles. The van der Waals surface area contributed by atoms with Gasteiger partial charge in [-0.25, -0.2) is 9.59 Å². The van der Waals surface area contributed by atoms with E-state index in [0.717, 1.165) is 0 Å². The van der Waals surface area contributed by atoms with Crippen molar-refractivity contribution in [3.63, 3.8) is 0 Å². The monoisotopic (exact) mass is 398 g/mol. The van der Waals surface area contributed by atoms with Gasteiger partial charge in [0, 0.05) is 12.6 Å². The molecule has 0 heterocycles. The molecule has 0 aromatic heterocycles. The molecule has 2 unspecified atom stereocenters. The van der Waals surface area contributed by atoms with Gasteiger partial charge >= 0.3 is 12.1 Å². The molecule has 2 amide bonds. The summed E-state index contributed by atoms with van der Waals surface area (Å²) in [5.74, 6) is -0.716. The zero-order valence-electron chi connectivity index (χ0n) is 19.1. The lowest BCUT2D eigenvalue weighted by molar-refractivity contribution is -0.139. The Labute approximate surface area is 169 Å². The Morgan fingerprint density at radius 3 is 2.00 bits per heavy atom. The summed E-state index contributed by atoms with van der Waals surface area (Å²) in [5, 5.41) is 2.68. The van der Waals surface area contributed by atoms with Crippen LogP contribution >= 0.6 is 0 Å². The quantitative estimate of drug-likeness (QED) is 0.499. The molecular weight excluding hydrogens is 360 g/mol. The molecular formula is C21H38N2O5. The Kier molecular flexibility index (Phi) is 10.3. The van der Waals surface area contributed by atoms with Gasteiger partial charge in [-0.05, 0) is 46.5 Å². The molecule has 0 saturated carbocycles. The van der Waals surface area contributed by atoms with E-state index < -0.39 is 23.7 Å². The third kappa shape index (κ3) is 8.76. The highest BCUT2D eigenvalue weighted by Gasteiger charge is 2.32. The van der Waals surface area contributed by atoms with E-state index in [1.54, 1.807) is 52.6 Å². The Balaban J connectivity index is 5.51. The topological polar surface area (TPSA) is 84.9 Å². The molecule has 0 aliphatic rings. The van der Waals surface area contributed by atoms with Crippen molar-refractivity contribution < 1.29 is 23.9 Å². The number of hydrogen-bond donors (Lipinski definition) is 1. The first-order chi connectivity index (χ1) is 12.7. The maximum atomic E-state index is 13.1. The zero-order valence-corrected chi connectivity index (χ0v) is 19.1. The Hall–Kier alpha value is -2.05. The largest absolute Gasteiger partial charge is 0.463 e. The number of alkyl carbamates (subject to hydrolysis) is 1. The van der Waals surface area contributed by atoms with Crippen molar-refractivity contribution in [3.8, 4) is 0 Å². The fraction of sp³-hybridized carbons (Fsp3) is 0.762. The molecule has 0 aliphatic heterocycles. The highest BCUT2D eigenvalue weighted by atomic mass is 16.6. The Morgan fingerprint density at radius 2 is 1.61 bits per heavy atom. The van der Waals surface area contributed by atoms with Crippen LogP contribution in [0, 0.1) is 11.8 Å². The molecule has 0 bridgehead atoms. The third-order valence-corrected chi connectivity index (χ3v) is 4.10. The number of esters is 1. The van der Waals surface area contributed by atoms with Crippen molar-refractivity contribution in [2.45, 2.75) is 80.0 Å². The number of nitrogens with one attached hydrogen (secondary N) is 1. The minimum atomic E-state index is -0.739. The average molecular weight is 399 g/mol. The van der Waals surface area contributed by atoms with Crippen LogP contribution in [0.15, 0.2) is 11.6 Å². The van der Waals surface area contributed by atoms with Crippen LogP contribution < -0.4 is 5.32 Å². The lowest BCUT2D eigenvalue weighted by Gasteiger charge is -2.34. The SMILES string of the molecule is CCOC(=O)/C(C)=C/C(C(C)C)N(C)C(=O)C(NC(=O)OC(C)(C)C)C(C)C. The van der Waals surface area contributed by atoms with Gasteiger partial charge in [0.05, 0.1) is 12.6 Å². The minimum Gasteiger partial charge on any atom is -0.463 e. The summed E-state index contributed by atoms with van der Waals surface area (Å²) in [4.78, 5) is 38.8. The van der Waals surface area contributed by atoms with Crippen LogP contribution in [0.3, 0.4) is 0 Å². The van der Waals surface area contributed by atoms with Crippen LogP contribution in [0.4, 0.5) is 4.79 Å². The molecule has 0 spiro atoms. The van der Waals surface area contributed by atoms with Gasteiger partial charge in [-0.1, -0.05) is 33.8 Å². The molecule has 0 saturated heterocycles. The number of carbonyl (C=O) groups is 3.